The van der Waals surface area contributed by atoms with Gasteiger partial charge in [-0.15, -0.1) is 0 Å². The van der Waals surface area contributed by atoms with Gasteiger partial charge in [0.25, 0.3) is 6.43 Å². The molecule has 146 valence electrons. The molecule has 7 nitrogen and oxygen atoms in total. The predicted molar refractivity (Wildman–Crippen MR) is 93.9 cm³/mol. The summed E-state index contributed by atoms with van der Waals surface area (Å²) >= 11 is 1.25. The van der Waals surface area contributed by atoms with Gasteiger partial charge in [-0.25, -0.2) is 17.3 Å². The summed E-state index contributed by atoms with van der Waals surface area (Å²) in [5.74, 6) is -0.718. The minimum atomic E-state index is -2.46. The maximum atomic E-state index is 13.7. The van der Waals surface area contributed by atoms with Gasteiger partial charge in [-0.1, -0.05) is 0 Å². The Kier molecular flexibility index (Phi) is 5.07. The summed E-state index contributed by atoms with van der Waals surface area (Å²) < 4.78 is 41.2. The molecule has 0 saturated carbocycles. The molecule has 0 N–H and O–H groups in total. The second kappa shape index (κ2) is 7.66. The van der Waals surface area contributed by atoms with E-state index in [2.05, 4.69) is 15.2 Å². The van der Waals surface area contributed by atoms with E-state index in [1.807, 2.05) is 0 Å². The van der Waals surface area contributed by atoms with E-state index in [-0.39, 0.29) is 18.0 Å². The van der Waals surface area contributed by atoms with Crippen molar-refractivity contribution in [2.24, 2.45) is 0 Å². The molecule has 0 aliphatic carbocycles. The third-order valence-electron chi connectivity index (χ3n) is 4.20. The highest BCUT2D eigenvalue weighted by Gasteiger charge is 2.27. The monoisotopic (exact) mass is 408 g/mol. The molecule has 1 aliphatic rings. The summed E-state index contributed by atoms with van der Waals surface area (Å²) in [6.07, 6.45) is 3.70. The average Bonchev–Trinajstić information content (AvgIpc) is 3.32. The van der Waals surface area contributed by atoms with Crippen LogP contribution >= 0.6 is 11.9 Å². The quantitative estimate of drug-likeness (QED) is 0.627. The van der Waals surface area contributed by atoms with Gasteiger partial charge in [-0.3, -0.25) is 14.5 Å². The lowest BCUT2D eigenvalue weighted by atomic mass is 10.2. The first-order chi connectivity index (χ1) is 13.5. The van der Waals surface area contributed by atoms with E-state index in [4.69, 9.17) is 0 Å². The van der Waals surface area contributed by atoms with Crippen LogP contribution in [0.15, 0.2) is 41.8 Å². The van der Waals surface area contributed by atoms with Crippen molar-refractivity contribution in [1.82, 2.24) is 28.9 Å². The lowest BCUT2D eigenvalue weighted by Crippen LogP contribution is -2.28. The van der Waals surface area contributed by atoms with Crippen molar-refractivity contribution >= 4 is 17.9 Å². The van der Waals surface area contributed by atoms with Crippen LogP contribution in [0.25, 0.3) is 0 Å². The van der Waals surface area contributed by atoms with Crippen LogP contribution in [-0.4, -0.2) is 41.2 Å². The van der Waals surface area contributed by atoms with Crippen molar-refractivity contribution < 1.29 is 18.0 Å². The predicted octanol–water partition coefficient (Wildman–Crippen LogP) is 2.52. The van der Waals surface area contributed by atoms with Gasteiger partial charge in [0.1, 0.15) is 12.4 Å². The van der Waals surface area contributed by atoms with Crippen LogP contribution in [0.5, 0.6) is 0 Å². The van der Waals surface area contributed by atoms with Crippen LogP contribution in [0.2, 0.25) is 0 Å². The van der Waals surface area contributed by atoms with Crippen LogP contribution in [0, 0.1) is 5.82 Å². The maximum absolute atomic E-state index is 13.7. The summed E-state index contributed by atoms with van der Waals surface area (Å²) in [5, 5.41) is 8.31. The molecule has 1 amide bonds. The number of carbonyl (C=O) groups excluding carboxylic acids is 1. The van der Waals surface area contributed by atoms with Gasteiger partial charge in [0.15, 0.2) is 0 Å². The van der Waals surface area contributed by atoms with Crippen molar-refractivity contribution in [1.29, 1.82) is 0 Å². The van der Waals surface area contributed by atoms with E-state index < -0.39 is 18.8 Å². The first-order valence-corrected chi connectivity index (χ1v) is 9.19. The van der Waals surface area contributed by atoms with Gasteiger partial charge in [0, 0.05) is 42.6 Å². The molecule has 11 heteroatoms. The highest BCUT2D eigenvalue weighted by Crippen LogP contribution is 2.26. The van der Waals surface area contributed by atoms with Gasteiger partial charge in [-0.05, 0) is 12.1 Å². The van der Waals surface area contributed by atoms with E-state index in [1.54, 1.807) is 15.2 Å². The number of amides is 1. The first kappa shape index (κ1) is 18.5. The Morgan fingerprint density at radius 3 is 2.89 bits per heavy atom. The van der Waals surface area contributed by atoms with Crippen molar-refractivity contribution in [2.45, 2.75) is 37.4 Å². The minimum absolute atomic E-state index is 0.102. The average molecular weight is 408 g/mol. The number of aromatic nitrogens is 5. The molecule has 0 bridgehead atoms. The van der Waals surface area contributed by atoms with Crippen molar-refractivity contribution in [3.8, 4) is 0 Å². The summed E-state index contributed by atoms with van der Waals surface area (Å²) in [6.45, 7) is 0.263. The number of halogens is 3. The molecule has 0 aromatic carbocycles. The van der Waals surface area contributed by atoms with Gasteiger partial charge < -0.3 is 4.90 Å². The Morgan fingerprint density at radius 2 is 2.14 bits per heavy atom. The molecule has 0 fully saturated rings. The molecule has 3 aromatic rings. The normalized spacial score (nSPS) is 13.4. The number of hydrogen-bond acceptors (Lipinski definition) is 5. The van der Waals surface area contributed by atoms with Crippen LogP contribution in [-0.2, 0) is 30.8 Å². The Labute approximate surface area is 162 Å². The third kappa shape index (κ3) is 4.03. The van der Waals surface area contributed by atoms with Crippen molar-refractivity contribution in [2.75, 3.05) is 0 Å². The molecule has 4 heterocycles. The highest BCUT2D eigenvalue weighted by atomic mass is 32.2. The van der Waals surface area contributed by atoms with Crippen LogP contribution < -0.4 is 0 Å². The zero-order valence-corrected chi connectivity index (χ0v) is 15.3. The standard InChI is InChI=1S/C17H15F3N6OS/c18-13-2-1-3-21-14(13)4-17(27)24-6-11-7-26(23-15(11)9-24)28-12-5-22-25(8-12)10-16(19)20/h1-3,5,7-8,16H,4,6,9-10H2. The van der Waals surface area contributed by atoms with E-state index >= 15 is 0 Å². The SMILES string of the molecule is O=C(Cc1ncccc1F)N1Cc2cn(Sc3cnn(CC(F)F)c3)nc2C1. The maximum Gasteiger partial charge on any atom is 0.257 e. The molecule has 1 aliphatic heterocycles. The van der Waals surface area contributed by atoms with Crippen LogP contribution in [0.1, 0.15) is 17.0 Å². The fourth-order valence-corrected chi connectivity index (χ4v) is 3.69. The molecule has 0 atom stereocenters. The van der Waals surface area contributed by atoms with Gasteiger partial charge in [0.05, 0.1) is 35.4 Å². The fourth-order valence-electron chi connectivity index (χ4n) is 2.90. The van der Waals surface area contributed by atoms with Crippen molar-refractivity contribution in [3.63, 3.8) is 0 Å². The number of nitrogens with zero attached hydrogens (tertiary/aromatic N) is 6. The van der Waals surface area contributed by atoms with Gasteiger partial charge in [-0.2, -0.15) is 10.2 Å². The first-order valence-electron chi connectivity index (χ1n) is 8.41. The molecule has 0 unspecified atom stereocenters. The summed E-state index contributed by atoms with van der Waals surface area (Å²) in [6, 6.07) is 2.76. The summed E-state index contributed by atoms with van der Waals surface area (Å²) in [5.41, 5.74) is 1.77. The van der Waals surface area contributed by atoms with E-state index in [1.165, 1.54) is 47.4 Å². The molecular formula is C17H15F3N6OS. The Hall–Kier alpha value is -2.82. The lowest BCUT2D eigenvalue weighted by Gasteiger charge is -2.15. The highest BCUT2D eigenvalue weighted by molar-refractivity contribution is 7.97. The van der Waals surface area contributed by atoms with E-state index in [9.17, 15) is 18.0 Å². The topological polar surface area (TPSA) is 68.8 Å². The zero-order chi connectivity index (χ0) is 19.7. The zero-order valence-electron chi connectivity index (χ0n) is 14.5. The van der Waals surface area contributed by atoms with E-state index in [0.29, 0.717) is 18.0 Å². The second-order valence-electron chi connectivity index (χ2n) is 6.24. The molecule has 0 spiro atoms. The number of fused-ring (bicyclic) bond motifs is 1. The Balaban J connectivity index is 1.37. The van der Waals surface area contributed by atoms with Crippen molar-refractivity contribution in [3.05, 3.63) is 59.7 Å². The Bertz CT molecular complexity index is 981. The number of alkyl halides is 2. The van der Waals surface area contributed by atoms with Gasteiger partial charge >= 0.3 is 0 Å². The second-order valence-corrected chi connectivity index (χ2v) is 7.27. The number of pyridine rings is 1. The Morgan fingerprint density at radius 1 is 1.29 bits per heavy atom. The summed E-state index contributed by atoms with van der Waals surface area (Å²) in [4.78, 5) is 18.6. The summed E-state index contributed by atoms with van der Waals surface area (Å²) in [7, 11) is 0. The molecule has 28 heavy (non-hydrogen) atoms. The number of rotatable bonds is 6. The molecule has 3 aromatic heterocycles. The molecular weight excluding hydrogens is 393 g/mol. The van der Waals surface area contributed by atoms with Crippen LogP contribution in [0.3, 0.4) is 0 Å². The van der Waals surface area contributed by atoms with E-state index in [0.717, 1.165) is 11.3 Å². The minimum Gasteiger partial charge on any atom is -0.332 e. The molecule has 0 saturated heterocycles. The van der Waals surface area contributed by atoms with Crippen LogP contribution in [0.4, 0.5) is 13.2 Å². The fraction of sp³-hybridized carbons (Fsp3) is 0.294. The molecule has 4 rings (SSSR count). The van der Waals surface area contributed by atoms with Gasteiger partial charge in [0.2, 0.25) is 5.91 Å². The third-order valence-corrected chi connectivity index (χ3v) is 4.99. The number of hydrogen-bond donors (Lipinski definition) is 0. The lowest BCUT2D eigenvalue weighted by molar-refractivity contribution is -0.131. The smallest absolute Gasteiger partial charge is 0.257 e. The molecule has 0 radical (unpaired) electrons. The number of carbonyl (C=O) groups is 1. The largest absolute Gasteiger partial charge is 0.332 e.